The summed E-state index contributed by atoms with van der Waals surface area (Å²) in [5.41, 5.74) is 6.97. The number of hydrogen-bond acceptors (Lipinski definition) is 2. The summed E-state index contributed by atoms with van der Waals surface area (Å²) in [6.07, 6.45) is 0. The molecule has 25 heavy (non-hydrogen) atoms. The molecule has 0 aromatic heterocycles. The number of hydrogen-bond donors (Lipinski definition) is 2. The first-order chi connectivity index (χ1) is 11.7. The molecule has 0 bridgehead atoms. The van der Waals surface area contributed by atoms with E-state index in [4.69, 9.17) is 28.9 Å². The molecule has 3 atom stereocenters. The molecule has 0 saturated carbocycles. The van der Waals surface area contributed by atoms with Gasteiger partial charge < -0.3 is 11.1 Å². The van der Waals surface area contributed by atoms with Crippen LogP contribution in [0.15, 0.2) is 48.5 Å². The van der Waals surface area contributed by atoms with Crippen molar-refractivity contribution in [2.75, 3.05) is 6.54 Å². The van der Waals surface area contributed by atoms with Crippen molar-refractivity contribution in [3.63, 3.8) is 0 Å². The highest BCUT2D eigenvalue weighted by Crippen LogP contribution is 2.35. The maximum absolute atomic E-state index is 14.0. The average Bonchev–Trinajstić information content (AvgIpc) is 2.93. The summed E-state index contributed by atoms with van der Waals surface area (Å²) < 4.78 is 14.0. The molecule has 2 aromatic carbocycles. The number of rotatable bonds is 1. The lowest BCUT2D eigenvalue weighted by atomic mass is 9.80. The van der Waals surface area contributed by atoms with E-state index in [9.17, 15) is 4.39 Å². The monoisotopic (exact) mass is 382 g/mol. The summed E-state index contributed by atoms with van der Waals surface area (Å²) in [6.45, 7) is 7.12. The summed E-state index contributed by atoms with van der Waals surface area (Å²) >= 11 is 11.4. The Balaban J connectivity index is 0.000000269. The van der Waals surface area contributed by atoms with E-state index in [1.165, 1.54) is 0 Å². The molecule has 3 rings (SSSR count). The summed E-state index contributed by atoms with van der Waals surface area (Å²) in [7, 11) is 0. The van der Waals surface area contributed by atoms with Crippen LogP contribution in [-0.2, 0) is 0 Å². The van der Waals surface area contributed by atoms with Gasteiger partial charge in [0, 0.05) is 29.6 Å². The lowest BCUT2D eigenvalue weighted by Crippen LogP contribution is -2.47. The second-order valence-electron chi connectivity index (χ2n) is 7.37. The van der Waals surface area contributed by atoms with Gasteiger partial charge in [-0.05, 0) is 29.2 Å². The van der Waals surface area contributed by atoms with Gasteiger partial charge >= 0.3 is 0 Å². The second kappa shape index (κ2) is 8.50. The molecule has 2 aromatic rings. The predicted molar refractivity (Wildman–Crippen MR) is 105 cm³/mol. The summed E-state index contributed by atoms with van der Waals surface area (Å²) in [4.78, 5) is 0. The van der Waals surface area contributed by atoms with Gasteiger partial charge in [0.25, 0.3) is 0 Å². The van der Waals surface area contributed by atoms with E-state index in [1.807, 2.05) is 30.3 Å². The molecule has 1 saturated heterocycles. The first-order valence-electron chi connectivity index (χ1n) is 8.35. The molecule has 136 valence electrons. The topological polar surface area (TPSA) is 38.0 Å². The average molecular weight is 383 g/mol. The van der Waals surface area contributed by atoms with Gasteiger partial charge in [0.2, 0.25) is 0 Å². The van der Waals surface area contributed by atoms with Crippen molar-refractivity contribution >= 4 is 23.2 Å². The highest BCUT2D eigenvalue weighted by Gasteiger charge is 2.41. The first-order valence-corrected chi connectivity index (χ1v) is 9.11. The van der Waals surface area contributed by atoms with Crippen LogP contribution in [0, 0.1) is 11.2 Å². The third-order valence-corrected chi connectivity index (χ3v) is 5.00. The van der Waals surface area contributed by atoms with Crippen molar-refractivity contribution in [1.29, 1.82) is 0 Å². The Labute approximate surface area is 159 Å². The van der Waals surface area contributed by atoms with Gasteiger partial charge in [-0.3, -0.25) is 0 Å². The fourth-order valence-electron chi connectivity index (χ4n) is 3.18. The molecule has 1 aliphatic heterocycles. The SMILES string of the molecule is CC(C)(C)C1NCC(c2cccc(Cl)c2F)C1N.Clc1ccccc1. The summed E-state index contributed by atoms with van der Waals surface area (Å²) in [5.74, 6) is -0.357. The Hall–Kier alpha value is -1.13. The van der Waals surface area contributed by atoms with Crippen LogP contribution in [0.5, 0.6) is 0 Å². The van der Waals surface area contributed by atoms with Crippen molar-refractivity contribution in [2.45, 2.75) is 38.8 Å². The molecule has 3 N–H and O–H groups in total. The van der Waals surface area contributed by atoms with Crippen molar-refractivity contribution < 1.29 is 4.39 Å². The van der Waals surface area contributed by atoms with Crippen molar-refractivity contribution in [3.05, 3.63) is 70.0 Å². The lowest BCUT2D eigenvalue weighted by molar-refractivity contribution is 0.271. The largest absolute Gasteiger partial charge is 0.326 e. The normalized spacial score (nSPS) is 23.1. The summed E-state index contributed by atoms with van der Waals surface area (Å²) in [5, 5.41) is 4.37. The first kappa shape index (κ1) is 20.2. The van der Waals surface area contributed by atoms with Crippen LogP contribution in [0.3, 0.4) is 0 Å². The van der Waals surface area contributed by atoms with Gasteiger partial charge in [-0.25, -0.2) is 4.39 Å². The van der Waals surface area contributed by atoms with Crippen molar-refractivity contribution in [2.24, 2.45) is 11.1 Å². The molecule has 5 heteroatoms. The molecule has 2 nitrogen and oxygen atoms in total. The van der Waals surface area contributed by atoms with E-state index >= 15 is 0 Å². The van der Waals surface area contributed by atoms with Gasteiger partial charge in [0.1, 0.15) is 5.82 Å². The third kappa shape index (κ3) is 5.18. The van der Waals surface area contributed by atoms with Gasteiger partial charge in [-0.1, -0.05) is 74.3 Å². The van der Waals surface area contributed by atoms with Crippen LogP contribution in [0.1, 0.15) is 32.3 Å². The molecular formula is C20H25Cl2FN2. The Morgan fingerprint density at radius 2 is 1.68 bits per heavy atom. The quantitative estimate of drug-likeness (QED) is 0.706. The third-order valence-electron chi connectivity index (χ3n) is 4.45. The van der Waals surface area contributed by atoms with Crippen LogP contribution >= 0.6 is 23.2 Å². The van der Waals surface area contributed by atoms with E-state index in [1.54, 1.807) is 18.2 Å². The van der Waals surface area contributed by atoms with Gasteiger partial charge in [-0.2, -0.15) is 0 Å². The number of benzene rings is 2. The smallest absolute Gasteiger partial charge is 0.145 e. The number of halogens is 3. The molecular weight excluding hydrogens is 358 g/mol. The van der Waals surface area contributed by atoms with E-state index < -0.39 is 0 Å². The van der Waals surface area contributed by atoms with Crippen LogP contribution in [0.25, 0.3) is 0 Å². The van der Waals surface area contributed by atoms with Crippen LogP contribution in [0.2, 0.25) is 10.0 Å². The zero-order valence-corrected chi connectivity index (χ0v) is 16.3. The fraction of sp³-hybridized carbons (Fsp3) is 0.400. The Morgan fingerprint density at radius 1 is 1.04 bits per heavy atom. The second-order valence-corrected chi connectivity index (χ2v) is 8.22. The maximum atomic E-state index is 14.0. The molecule has 1 fully saturated rings. The highest BCUT2D eigenvalue weighted by molar-refractivity contribution is 6.31. The summed E-state index contributed by atoms with van der Waals surface area (Å²) in [6, 6.07) is 14.6. The maximum Gasteiger partial charge on any atom is 0.145 e. The standard InChI is InChI=1S/C14H20ClFN2.C6H5Cl/c1-14(2,3)13-12(17)9(7-18-13)8-5-4-6-10(15)11(8)16;7-6-4-2-1-3-5-6/h4-6,9,12-13,18H,7,17H2,1-3H3;1-5H. The molecule has 0 spiro atoms. The zero-order chi connectivity index (χ0) is 18.6. The van der Waals surface area contributed by atoms with Crippen LogP contribution < -0.4 is 11.1 Å². The Bertz CT molecular complexity index is 686. The zero-order valence-electron chi connectivity index (χ0n) is 14.8. The van der Waals surface area contributed by atoms with E-state index in [0.717, 1.165) is 5.02 Å². The van der Waals surface area contributed by atoms with Gasteiger partial charge in [-0.15, -0.1) is 0 Å². The lowest BCUT2D eigenvalue weighted by Gasteiger charge is -2.31. The van der Waals surface area contributed by atoms with Crippen LogP contribution in [-0.4, -0.2) is 18.6 Å². The van der Waals surface area contributed by atoms with E-state index in [-0.39, 0.29) is 34.3 Å². The van der Waals surface area contributed by atoms with E-state index in [0.29, 0.717) is 12.1 Å². The minimum absolute atomic E-state index is 0.0204. The van der Waals surface area contributed by atoms with Crippen molar-refractivity contribution in [3.8, 4) is 0 Å². The Morgan fingerprint density at radius 3 is 2.16 bits per heavy atom. The minimum Gasteiger partial charge on any atom is -0.326 e. The highest BCUT2D eigenvalue weighted by atomic mass is 35.5. The Kier molecular flexibility index (Phi) is 6.86. The van der Waals surface area contributed by atoms with Crippen molar-refractivity contribution in [1.82, 2.24) is 5.32 Å². The molecule has 1 aliphatic rings. The fourth-order valence-corrected chi connectivity index (χ4v) is 3.51. The minimum atomic E-state index is -0.337. The number of nitrogens with one attached hydrogen (secondary N) is 1. The van der Waals surface area contributed by atoms with Crippen LogP contribution in [0.4, 0.5) is 4.39 Å². The van der Waals surface area contributed by atoms with E-state index in [2.05, 4.69) is 26.1 Å². The molecule has 0 radical (unpaired) electrons. The molecule has 1 heterocycles. The molecule has 0 amide bonds. The predicted octanol–water partition coefficient (Wildman–Crippen LogP) is 5.25. The van der Waals surface area contributed by atoms with Gasteiger partial charge in [0.05, 0.1) is 5.02 Å². The number of nitrogens with two attached hydrogens (primary N) is 1. The molecule has 3 unspecified atom stereocenters. The van der Waals surface area contributed by atoms with Gasteiger partial charge in [0.15, 0.2) is 0 Å². The molecule has 0 aliphatic carbocycles.